The fraction of sp³-hybridized carbons (Fsp3) is 0.545. The zero-order chi connectivity index (χ0) is 11.5. The van der Waals surface area contributed by atoms with E-state index in [1.165, 1.54) is 0 Å². The number of nitrogens with one attached hydrogen (secondary N) is 1. The van der Waals surface area contributed by atoms with Crippen molar-refractivity contribution in [3.63, 3.8) is 0 Å². The average molecular weight is 219 g/mol. The second-order valence-corrected chi connectivity index (χ2v) is 4.02. The van der Waals surface area contributed by atoms with Gasteiger partial charge in [0.25, 0.3) is 5.78 Å². The molecule has 0 aliphatic carbocycles. The number of fused-ring (bicyclic) bond motifs is 1. The Bertz CT molecular complexity index is 476. The molecule has 16 heavy (non-hydrogen) atoms. The van der Waals surface area contributed by atoms with E-state index in [9.17, 15) is 0 Å². The third-order valence-corrected chi connectivity index (χ3v) is 2.52. The topological polar surface area (TPSA) is 55.1 Å². The van der Waals surface area contributed by atoms with E-state index in [1.807, 2.05) is 6.92 Å². The van der Waals surface area contributed by atoms with E-state index in [4.69, 9.17) is 0 Å². The van der Waals surface area contributed by atoms with Crippen LogP contribution in [0.15, 0.2) is 12.4 Å². The fourth-order valence-corrected chi connectivity index (χ4v) is 1.89. The summed E-state index contributed by atoms with van der Waals surface area (Å²) in [6.45, 7) is 7.24. The number of aryl methyl sites for hydroxylation is 1. The summed E-state index contributed by atoms with van der Waals surface area (Å²) in [7, 11) is 0. The molecular formula is C11H17N5. The lowest BCUT2D eigenvalue weighted by Crippen LogP contribution is -2.28. The molecule has 0 aliphatic rings. The highest BCUT2D eigenvalue weighted by Crippen LogP contribution is 2.07. The number of aromatic nitrogens is 4. The maximum absolute atomic E-state index is 4.32. The molecule has 5 nitrogen and oxygen atoms in total. The molecule has 0 saturated heterocycles. The van der Waals surface area contributed by atoms with Gasteiger partial charge >= 0.3 is 0 Å². The van der Waals surface area contributed by atoms with Crippen molar-refractivity contribution in [1.82, 2.24) is 24.9 Å². The number of nitrogens with zero attached hydrogens (tertiary/aromatic N) is 4. The van der Waals surface area contributed by atoms with Crippen LogP contribution in [-0.4, -0.2) is 32.2 Å². The molecule has 86 valence electrons. The Balaban J connectivity index is 2.31. The first kappa shape index (κ1) is 11.0. The van der Waals surface area contributed by atoms with Gasteiger partial charge in [-0.25, -0.2) is 9.50 Å². The first-order chi connectivity index (χ1) is 7.70. The minimum Gasteiger partial charge on any atom is -0.314 e. The second kappa shape index (κ2) is 4.57. The monoisotopic (exact) mass is 219 g/mol. The smallest absolute Gasteiger partial charge is 0.252 e. The quantitative estimate of drug-likeness (QED) is 0.832. The number of hydrogen-bond acceptors (Lipinski definition) is 4. The Kier molecular flexibility index (Phi) is 3.14. The number of hydrogen-bond donors (Lipinski definition) is 1. The van der Waals surface area contributed by atoms with Crippen molar-refractivity contribution >= 4 is 5.78 Å². The Morgan fingerprint density at radius 2 is 2.31 bits per heavy atom. The number of likely N-dealkylation sites (N-methyl/N-ethyl adjacent to an activating group) is 1. The zero-order valence-corrected chi connectivity index (χ0v) is 9.94. The Hall–Kier alpha value is -1.49. The van der Waals surface area contributed by atoms with E-state index in [2.05, 4.69) is 40.3 Å². The third-order valence-electron chi connectivity index (χ3n) is 2.52. The lowest BCUT2D eigenvalue weighted by atomic mass is 10.1. The molecule has 2 aromatic rings. The maximum atomic E-state index is 4.32. The molecular weight excluding hydrogens is 202 g/mol. The van der Waals surface area contributed by atoms with Crippen molar-refractivity contribution in [1.29, 1.82) is 0 Å². The normalized spacial score (nSPS) is 13.2. The van der Waals surface area contributed by atoms with Crippen LogP contribution in [0.25, 0.3) is 5.78 Å². The molecule has 0 fully saturated rings. The summed E-state index contributed by atoms with van der Waals surface area (Å²) >= 11 is 0. The van der Waals surface area contributed by atoms with Crippen molar-refractivity contribution in [2.45, 2.75) is 33.2 Å². The van der Waals surface area contributed by atoms with E-state index < -0.39 is 0 Å². The first-order valence-electron chi connectivity index (χ1n) is 5.60. The summed E-state index contributed by atoms with van der Waals surface area (Å²) < 4.78 is 1.81. The average Bonchev–Trinajstić information content (AvgIpc) is 2.65. The Labute approximate surface area is 94.9 Å². The summed E-state index contributed by atoms with van der Waals surface area (Å²) in [5, 5.41) is 7.58. The van der Waals surface area contributed by atoms with Gasteiger partial charge in [0, 0.05) is 23.9 Å². The lowest BCUT2D eigenvalue weighted by Gasteiger charge is -2.13. The van der Waals surface area contributed by atoms with Crippen molar-refractivity contribution in [3.05, 3.63) is 23.8 Å². The van der Waals surface area contributed by atoms with Gasteiger partial charge in [-0.05, 0) is 26.5 Å². The van der Waals surface area contributed by atoms with Crippen LogP contribution in [0.4, 0.5) is 0 Å². The van der Waals surface area contributed by atoms with Crippen LogP contribution in [0.5, 0.6) is 0 Å². The molecule has 2 aromatic heterocycles. The van der Waals surface area contributed by atoms with Gasteiger partial charge in [0.15, 0.2) is 0 Å². The summed E-state index contributed by atoms with van der Waals surface area (Å²) in [6, 6.07) is 2.49. The highest BCUT2D eigenvalue weighted by molar-refractivity contribution is 5.30. The van der Waals surface area contributed by atoms with Gasteiger partial charge < -0.3 is 5.32 Å². The molecule has 0 aromatic carbocycles. The van der Waals surface area contributed by atoms with Crippen LogP contribution in [0.1, 0.15) is 25.2 Å². The molecule has 0 saturated carbocycles. The van der Waals surface area contributed by atoms with Gasteiger partial charge in [-0.2, -0.15) is 10.1 Å². The summed E-state index contributed by atoms with van der Waals surface area (Å²) in [5.41, 5.74) is 2.13. The van der Waals surface area contributed by atoms with Crippen molar-refractivity contribution in [2.75, 3.05) is 6.54 Å². The second-order valence-electron chi connectivity index (χ2n) is 4.02. The highest BCUT2D eigenvalue weighted by Gasteiger charge is 2.08. The van der Waals surface area contributed by atoms with Crippen molar-refractivity contribution in [2.24, 2.45) is 0 Å². The fourth-order valence-electron chi connectivity index (χ4n) is 1.89. The van der Waals surface area contributed by atoms with Crippen LogP contribution in [0.3, 0.4) is 0 Å². The molecule has 1 N–H and O–H groups in total. The van der Waals surface area contributed by atoms with Crippen LogP contribution in [-0.2, 0) is 6.42 Å². The molecule has 0 radical (unpaired) electrons. The molecule has 0 bridgehead atoms. The standard InChI is InChI=1S/C11H17N5/c1-4-12-8(2)5-10-6-9(3)15-11-13-7-14-16(10)11/h6-8,12H,4-5H2,1-3H3. The summed E-state index contributed by atoms with van der Waals surface area (Å²) in [6.07, 6.45) is 2.47. The van der Waals surface area contributed by atoms with Crippen LogP contribution in [0.2, 0.25) is 0 Å². The predicted octanol–water partition coefficient (Wildman–Crippen LogP) is 0.973. The van der Waals surface area contributed by atoms with Crippen LogP contribution < -0.4 is 5.32 Å². The zero-order valence-electron chi connectivity index (χ0n) is 9.94. The van der Waals surface area contributed by atoms with Gasteiger partial charge in [0.2, 0.25) is 0 Å². The van der Waals surface area contributed by atoms with E-state index in [1.54, 1.807) is 10.8 Å². The summed E-state index contributed by atoms with van der Waals surface area (Å²) in [4.78, 5) is 8.43. The minimum absolute atomic E-state index is 0.430. The molecule has 1 atom stereocenters. The lowest BCUT2D eigenvalue weighted by molar-refractivity contribution is 0.552. The third kappa shape index (κ3) is 2.19. The first-order valence-corrected chi connectivity index (χ1v) is 5.60. The van der Waals surface area contributed by atoms with E-state index >= 15 is 0 Å². The predicted molar refractivity (Wildman–Crippen MR) is 62.4 cm³/mol. The number of rotatable bonds is 4. The van der Waals surface area contributed by atoms with Gasteiger partial charge in [0.1, 0.15) is 6.33 Å². The molecule has 0 aliphatic heterocycles. The van der Waals surface area contributed by atoms with Gasteiger partial charge in [-0.3, -0.25) is 0 Å². The van der Waals surface area contributed by atoms with E-state index in [-0.39, 0.29) is 0 Å². The SMILES string of the molecule is CCNC(C)Cc1cc(C)nc2ncnn12. The molecule has 5 heteroatoms. The molecule has 2 heterocycles. The molecule has 1 unspecified atom stereocenters. The molecule has 0 amide bonds. The minimum atomic E-state index is 0.430. The molecule has 0 spiro atoms. The van der Waals surface area contributed by atoms with Gasteiger partial charge in [-0.1, -0.05) is 6.92 Å². The Morgan fingerprint density at radius 1 is 1.50 bits per heavy atom. The molecule has 2 rings (SSSR count). The van der Waals surface area contributed by atoms with Crippen LogP contribution in [0, 0.1) is 6.92 Å². The summed E-state index contributed by atoms with van der Waals surface area (Å²) in [5.74, 6) is 0.679. The maximum Gasteiger partial charge on any atom is 0.252 e. The Morgan fingerprint density at radius 3 is 3.06 bits per heavy atom. The highest BCUT2D eigenvalue weighted by atomic mass is 15.3. The van der Waals surface area contributed by atoms with Crippen molar-refractivity contribution in [3.8, 4) is 0 Å². The van der Waals surface area contributed by atoms with Crippen LogP contribution >= 0.6 is 0 Å². The van der Waals surface area contributed by atoms with Gasteiger partial charge in [0.05, 0.1) is 0 Å². The van der Waals surface area contributed by atoms with Gasteiger partial charge in [-0.15, -0.1) is 0 Å². The van der Waals surface area contributed by atoms with E-state index in [0.717, 1.165) is 24.4 Å². The van der Waals surface area contributed by atoms with Crippen molar-refractivity contribution < 1.29 is 0 Å². The largest absolute Gasteiger partial charge is 0.314 e. The van der Waals surface area contributed by atoms with E-state index in [0.29, 0.717) is 11.8 Å².